The molecule has 3 nitrogen and oxygen atoms in total. The molecule has 0 saturated carbocycles. The van der Waals surface area contributed by atoms with E-state index in [1.54, 1.807) is 5.01 Å². The lowest BCUT2D eigenvalue weighted by Gasteiger charge is -2.25. The number of carbonyl (C=O) groups excluding carboxylic acids is 1. The molecule has 0 bridgehead atoms. The Morgan fingerprint density at radius 1 is 1.78 bits per heavy atom. The van der Waals surface area contributed by atoms with E-state index in [4.69, 9.17) is 5.84 Å². The molecule has 0 amide bonds. The zero-order valence-corrected chi connectivity index (χ0v) is 5.63. The molecule has 0 aromatic heterocycles. The first kappa shape index (κ1) is 6.71. The molecule has 0 aromatic carbocycles. The van der Waals surface area contributed by atoms with Crippen LogP contribution < -0.4 is 5.84 Å². The van der Waals surface area contributed by atoms with Gasteiger partial charge in [-0.25, -0.2) is 5.01 Å². The minimum atomic E-state index is 0.142. The van der Waals surface area contributed by atoms with Crippen LogP contribution in [0.15, 0.2) is 0 Å². The first-order valence-electron chi connectivity index (χ1n) is 3.22. The Morgan fingerprint density at radius 3 is 2.89 bits per heavy atom. The van der Waals surface area contributed by atoms with Crippen molar-refractivity contribution in [2.75, 3.05) is 13.1 Å². The number of ketones is 1. The average molecular weight is 128 g/mol. The van der Waals surface area contributed by atoms with Crippen molar-refractivity contribution >= 4 is 5.78 Å². The Labute approximate surface area is 54.8 Å². The van der Waals surface area contributed by atoms with Crippen molar-refractivity contribution in [1.29, 1.82) is 0 Å². The molecule has 1 rings (SSSR count). The van der Waals surface area contributed by atoms with Gasteiger partial charge in [0, 0.05) is 25.4 Å². The van der Waals surface area contributed by atoms with E-state index in [1.165, 1.54) is 0 Å². The maximum absolute atomic E-state index is 10.9. The minimum Gasteiger partial charge on any atom is -0.299 e. The first-order chi connectivity index (χ1) is 4.20. The second-order valence-corrected chi connectivity index (χ2v) is 2.61. The Morgan fingerprint density at radius 2 is 2.44 bits per heavy atom. The number of nitrogens with zero attached hydrogens (tertiary/aromatic N) is 1. The Bertz CT molecular complexity index is 124. The predicted molar refractivity (Wildman–Crippen MR) is 34.5 cm³/mol. The van der Waals surface area contributed by atoms with Gasteiger partial charge in [0.25, 0.3) is 0 Å². The van der Waals surface area contributed by atoms with Crippen LogP contribution in [0.5, 0.6) is 0 Å². The summed E-state index contributed by atoms with van der Waals surface area (Å²) in [6.07, 6.45) is 0.623. The number of piperidine rings is 1. The molecule has 3 heteroatoms. The molecule has 0 radical (unpaired) electrons. The monoisotopic (exact) mass is 128 g/mol. The molecule has 52 valence electrons. The highest BCUT2D eigenvalue weighted by Crippen LogP contribution is 2.07. The second kappa shape index (κ2) is 2.45. The maximum atomic E-state index is 10.9. The predicted octanol–water partition coefficient (Wildman–Crippen LogP) is -0.229. The zero-order chi connectivity index (χ0) is 6.85. The van der Waals surface area contributed by atoms with Gasteiger partial charge in [-0.05, 0) is 0 Å². The lowest BCUT2D eigenvalue weighted by atomic mass is 10.0. The summed E-state index contributed by atoms with van der Waals surface area (Å²) in [6, 6.07) is 0. The summed E-state index contributed by atoms with van der Waals surface area (Å²) in [4.78, 5) is 10.9. The number of carbonyl (C=O) groups is 1. The van der Waals surface area contributed by atoms with E-state index in [1.807, 2.05) is 6.92 Å². The fourth-order valence-electron chi connectivity index (χ4n) is 1.05. The van der Waals surface area contributed by atoms with E-state index in [0.29, 0.717) is 12.2 Å². The van der Waals surface area contributed by atoms with Gasteiger partial charge in [-0.1, -0.05) is 6.92 Å². The quantitative estimate of drug-likeness (QED) is 0.458. The van der Waals surface area contributed by atoms with E-state index in [0.717, 1.165) is 13.1 Å². The molecular formula is C6H12N2O. The molecule has 1 aliphatic heterocycles. The summed E-state index contributed by atoms with van der Waals surface area (Å²) in [5.74, 6) is 5.96. The first-order valence-corrected chi connectivity index (χ1v) is 3.22. The standard InChI is InChI=1S/C6H12N2O/c1-5-4-8(7)3-2-6(5)9/h5H,2-4,7H2,1H3. The van der Waals surface area contributed by atoms with Crippen molar-refractivity contribution in [1.82, 2.24) is 5.01 Å². The fourth-order valence-corrected chi connectivity index (χ4v) is 1.05. The summed E-state index contributed by atoms with van der Waals surface area (Å²) in [6.45, 7) is 3.36. The maximum Gasteiger partial charge on any atom is 0.138 e. The Hall–Kier alpha value is -0.410. The van der Waals surface area contributed by atoms with E-state index in [2.05, 4.69) is 0 Å². The molecule has 1 heterocycles. The van der Waals surface area contributed by atoms with Gasteiger partial charge in [0.1, 0.15) is 5.78 Å². The summed E-state index contributed by atoms with van der Waals surface area (Å²) in [7, 11) is 0. The van der Waals surface area contributed by atoms with Gasteiger partial charge in [-0.15, -0.1) is 0 Å². The number of Topliss-reactive ketones (excluding diaryl/α,β-unsaturated/α-hetero) is 1. The molecule has 1 unspecified atom stereocenters. The van der Waals surface area contributed by atoms with Crippen LogP contribution in [0.4, 0.5) is 0 Å². The van der Waals surface area contributed by atoms with Gasteiger partial charge in [0.05, 0.1) is 0 Å². The Kier molecular flexibility index (Phi) is 1.83. The van der Waals surface area contributed by atoms with Crippen molar-refractivity contribution in [2.45, 2.75) is 13.3 Å². The van der Waals surface area contributed by atoms with Gasteiger partial charge in [-0.3, -0.25) is 10.6 Å². The fraction of sp³-hybridized carbons (Fsp3) is 0.833. The van der Waals surface area contributed by atoms with Crippen LogP contribution in [0.25, 0.3) is 0 Å². The van der Waals surface area contributed by atoms with E-state index in [9.17, 15) is 4.79 Å². The lowest BCUT2D eigenvalue weighted by Crippen LogP contribution is -2.43. The smallest absolute Gasteiger partial charge is 0.138 e. The minimum absolute atomic E-state index is 0.142. The topological polar surface area (TPSA) is 46.3 Å². The SMILES string of the molecule is CC1CN(N)CCC1=O. The van der Waals surface area contributed by atoms with E-state index in [-0.39, 0.29) is 5.92 Å². The van der Waals surface area contributed by atoms with Gasteiger partial charge >= 0.3 is 0 Å². The third kappa shape index (κ3) is 1.50. The molecule has 1 atom stereocenters. The van der Waals surface area contributed by atoms with Crippen LogP contribution in [0.1, 0.15) is 13.3 Å². The Balaban J connectivity index is 2.44. The van der Waals surface area contributed by atoms with E-state index < -0.39 is 0 Å². The highest BCUT2D eigenvalue weighted by Gasteiger charge is 2.20. The third-order valence-corrected chi connectivity index (χ3v) is 1.70. The van der Waals surface area contributed by atoms with Crippen LogP contribution in [0, 0.1) is 5.92 Å². The van der Waals surface area contributed by atoms with Crippen molar-refractivity contribution in [3.63, 3.8) is 0 Å². The van der Waals surface area contributed by atoms with Gasteiger partial charge < -0.3 is 0 Å². The highest BCUT2D eigenvalue weighted by atomic mass is 16.1. The zero-order valence-electron chi connectivity index (χ0n) is 5.63. The third-order valence-electron chi connectivity index (χ3n) is 1.70. The normalized spacial score (nSPS) is 30.9. The molecule has 1 saturated heterocycles. The van der Waals surface area contributed by atoms with Crippen LogP contribution in [0.3, 0.4) is 0 Å². The molecule has 1 aliphatic rings. The number of hydrazine groups is 1. The van der Waals surface area contributed by atoms with Crippen molar-refractivity contribution < 1.29 is 4.79 Å². The molecule has 0 spiro atoms. The molecule has 9 heavy (non-hydrogen) atoms. The second-order valence-electron chi connectivity index (χ2n) is 2.61. The van der Waals surface area contributed by atoms with Gasteiger partial charge in [0.2, 0.25) is 0 Å². The largest absolute Gasteiger partial charge is 0.299 e. The molecular weight excluding hydrogens is 116 g/mol. The summed E-state index contributed by atoms with van der Waals surface area (Å²) < 4.78 is 0. The van der Waals surface area contributed by atoms with Crippen molar-refractivity contribution in [2.24, 2.45) is 11.8 Å². The molecule has 0 aliphatic carbocycles. The summed E-state index contributed by atoms with van der Waals surface area (Å²) >= 11 is 0. The number of rotatable bonds is 0. The van der Waals surface area contributed by atoms with Crippen molar-refractivity contribution in [3.05, 3.63) is 0 Å². The van der Waals surface area contributed by atoms with Gasteiger partial charge in [0.15, 0.2) is 0 Å². The van der Waals surface area contributed by atoms with Gasteiger partial charge in [-0.2, -0.15) is 0 Å². The average Bonchev–Trinajstić information content (AvgIpc) is 1.80. The highest BCUT2D eigenvalue weighted by molar-refractivity contribution is 5.81. The van der Waals surface area contributed by atoms with Crippen LogP contribution in [-0.4, -0.2) is 23.9 Å². The van der Waals surface area contributed by atoms with Crippen molar-refractivity contribution in [3.8, 4) is 0 Å². The van der Waals surface area contributed by atoms with Crippen LogP contribution in [-0.2, 0) is 4.79 Å². The number of nitrogens with two attached hydrogens (primary N) is 1. The van der Waals surface area contributed by atoms with E-state index >= 15 is 0 Å². The number of hydrogen-bond donors (Lipinski definition) is 1. The lowest BCUT2D eigenvalue weighted by molar-refractivity contribution is -0.125. The summed E-state index contributed by atoms with van der Waals surface area (Å²) in [5, 5.41) is 1.70. The number of hydrogen-bond acceptors (Lipinski definition) is 3. The van der Waals surface area contributed by atoms with Crippen LogP contribution in [0.2, 0.25) is 0 Å². The van der Waals surface area contributed by atoms with Crippen LogP contribution >= 0.6 is 0 Å². The molecule has 1 fully saturated rings. The molecule has 0 aromatic rings. The molecule has 2 N–H and O–H groups in total. The summed E-state index contributed by atoms with van der Waals surface area (Å²) in [5.41, 5.74) is 0.